The number of rotatable bonds is 8. The number of piperazine rings is 1. The van der Waals surface area contributed by atoms with Gasteiger partial charge in [-0.1, -0.05) is 0 Å². The van der Waals surface area contributed by atoms with Gasteiger partial charge in [-0.15, -0.1) is 0 Å². The van der Waals surface area contributed by atoms with Crippen molar-refractivity contribution >= 4 is 17.3 Å². The van der Waals surface area contributed by atoms with Crippen LogP contribution < -0.4 is 19.7 Å². The van der Waals surface area contributed by atoms with E-state index in [1.54, 1.807) is 6.92 Å². The number of piperidine rings is 1. The lowest BCUT2D eigenvalue weighted by Crippen LogP contribution is -2.52. The number of nitrogens with zero attached hydrogens (tertiary/aromatic N) is 5. The molecule has 0 bridgehead atoms. The number of aromatic nitrogens is 2. The second kappa shape index (κ2) is 12.1. The maximum atomic E-state index is 14.5. The fraction of sp³-hybridized carbons (Fsp3) is 0.448. The van der Waals surface area contributed by atoms with Crippen molar-refractivity contribution in [3.8, 4) is 11.5 Å². The van der Waals surface area contributed by atoms with E-state index in [1.165, 1.54) is 57.2 Å². The summed E-state index contributed by atoms with van der Waals surface area (Å²) in [6.07, 6.45) is 5.33. The summed E-state index contributed by atoms with van der Waals surface area (Å²) in [6, 6.07) is 10.3. The van der Waals surface area contributed by atoms with E-state index in [0.29, 0.717) is 17.7 Å². The molecule has 0 unspecified atom stereocenters. The van der Waals surface area contributed by atoms with Crippen LogP contribution in [0.15, 0.2) is 42.7 Å². The average Bonchev–Trinajstić information content (AvgIpc) is 2.97. The molecule has 8 nitrogen and oxygen atoms in total. The van der Waals surface area contributed by atoms with Crippen molar-refractivity contribution in [2.24, 2.45) is 0 Å². The van der Waals surface area contributed by atoms with Crippen LogP contribution in [0.5, 0.6) is 11.5 Å². The van der Waals surface area contributed by atoms with Crippen molar-refractivity contribution in [1.82, 2.24) is 19.8 Å². The SMILES string of the molecule is COc1cc(C)c(F)c(COc2cnc(Nc3ccc(N4CCC(N5CCN(C)CC5)CC4)cc3)nc2)c1F. The Bertz CT molecular complexity index is 1240. The van der Waals surface area contributed by atoms with Crippen LogP contribution in [0, 0.1) is 18.6 Å². The standard InChI is InChI=1S/C29H36F2N6O2/c1-20-16-26(38-3)28(31)25(27(20)30)19-39-24-17-32-29(33-18-24)34-21-4-6-22(7-5-21)36-10-8-23(9-11-36)37-14-12-35(2)13-15-37/h4-7,16-18,23H,8-15,19H2,1-3H3,(H,32,33,34). The molecule has 3 heterocycles. The minimum Gasteiger partial charge on any atom is -0.494 e. The van der Waals surface area contributed by atoms with Gasteiger partial charge in [0.1, 0.15) is 12.4 Å². The van der Waals surface area contributed by atoms with Gasteiger partial charge < -0.3 is 24.6 Å². The zero-order valence-corrected chi connectivity index (χ0v) is 22.8. The maximum Gasteiger partial charge on any atom is 0.227 e. The van der Waals surface area contributed by atoms with Gasteiger partial charge in [0.2, 0.25) is 5.95 Å². The molecule has 0 aliphatic carbocycles. The molecule has 2 aliphatic rings. The predicted octanol–water partition coefficient (Wildman–Crippen LogP) is 4.61. The van der Waals surface area contributed by atoms with Crippen LogP contribution in [-0.4, -0.2) is 79.2 Å². The quantitative estimate of drug-likeness (QED) is 0.446. The molecular weight excluding hydrogens is 502 g/mol. The normalized spacial score (nSPS) is 17.3. The highest BCUT2D eigenvalue weighted by Gasteiger charge is 2.26. The van der Waals surface area contributed by atoms with E-state index in [2.05, 4.69) is 49.2 Å². The highest BCUT2D eigenvalue weighted by atomic mass is 19.1. The lowest BCUT2D eigenvalue weighted by molar-refractivity contribution is 0.0982. The predicted molar refractivity (Wildman–Crippen MR) is 148 cm³/mol. The molecule has 2 fully saturated rings. The molecule has 0 atom stereocenters. The Morgan fingerprint density at radius 2 is 1.62 bits per heavy atom. The highest BCUT2D eigenvalue weighted by Crippen LogP contribution is 2.28. The molecule has 39 heavy (non-hydrogen) atoms. The molecule has 0 amide bonds. The fourth-order valence-corrected chi connectivity index (χ4v) is 5.25. The van der Waals surface area contributed by atoms with E-state index in [1.807, 2.05) is 12.1 Å². The highest BCUT2D eigenvalue weighted by molar-refractivity contribution is 5.59. The fourth-order valence-electron chi connectivity index (χ4n) is 5.25. The summed E-state index contributed by atoms with van der Waals surface area (Å²) in [6.45, 7) is 8.06. The first-order chi connectivity index (χ1) is 18.9. The molecule has 0 spiro atoms. The molecule has 0 radical (unpaired) electrons. The lowest BCUT2D eigenvalue weighted by Gasteiger charge is -2.42. The molecule has 2 aliphatic heterocycles. The first-order valence-electron chi connectivity index (χ1n) is 13.4. The van der Waals surface area contributed by atoms with Crippen LogP contribution in [-0.2, 0) is 6.61 Å². The van der Waals surface area contributed by atoms with Crippen LogP contribution in [0.3, 0.4) is 0 Å². The van der Waals surface area contributed by atoms with Gasteiger partial charge in [0, 0.05) is 56.7 Å². The molecule has 10 heteroatoms. The van der Waals surface area contributed by atoms with Crippen LogP contribution in [0.1, 0.15) is 24.0 Å². The van der Waals surface area contributed by atoms with Gasteiger partial charge in [-0.2, -0.15) is 0 Å². The van der Waals surface area contributed by atoms with E-state index < -0.39 is 11.6 Å². The molecule has 3 aromatic rings. The number of halogens is 2. The Kier molecular flexibility index (Phi) is 8.42. The van der Waals surface area contributed by atoms with Crippen molar-refractivity contribution in [2.75, 3.05) is 63.6 Å². The zero-order valence-electron chi connectivity index (χ0n) is 22.8. The van der Waals surface area contributed by atoms with Crippen LogP contribution in [0.2, 0.25) is 0 Å². The zero-order chi connectivity index (χ0) is 27.4. The summed E-state index contributed by atoms with van der Waals surface area (Å²) in [4.78, 5) is 16.1. The Morgan fingerprint density at radius 3 is 2.26 bits per heavy atom. The van der Waals surface area contributed by atoms with E-state index in [9.17, 15) is 8.78 Å². The van der Waals surface area contributed by atoms with Crippen molar-refractivity contribution in [3.63, 3.8) is 0 Å². The van der Waals surface area contributed by atoms with Crippen molar-refractivity contribution in [1.29, 1.82) is 0 Å². The first-order valence-corrected chi connectivity index (χ1v) is 13.4. The van der Waals surface area contributed by atoms with Crippen LogP contribution >= 0.6 is 0 Å². The summed E-state index contributed by atoms with van der Waals surface area (Å²) in [7, 11) is 3.54. The van der Waals surface area contributed by atoms with Gasteiger partial charge in [-0.3, -0.25) is 4.90 Å². The number of hydrogen-bond donors (Lipinski definition) is 1. The van der Waals surface area contributed by atoms with Gasteiger partial charge in [-0.05, 0) is 62.7 Å². The third kappa shape index (κ3) is 6.39. The Hall–Kier alpha value is -3.50. The van der Waals surface area contributed by atoms with Crippen LogP contribution in [0.4, 0.5) is 26.1 Å². The first kappa shape index (κ1) is 27.1. The number of anilines is 3. The second-order valence-corrected chi connectivity index (χ2v) is 10.3. The Morgan fingerprint density at radius 1 is 0.949 bits per heavy atom. The van der Waals surface area contributed by atoms with Gasteiger partial charge in [0.05, 0.1) is 25.1 Å². The topological polar surface area (TPSA) is 66.0 Å². The average molecular weight is 539 g/mol. The Labute approximate surface area is 228 Å². The number of hydrogen-bond acceptors (Lipinski definition) is 8. The number of methoxy groups -OCH3 is 1. The number of likely N-dealkylation sites (N-methyl/N-ethyl adjacent to an activating group) is 1. The third-order valence-electron chi connectivity index (χ3n) is 7.68. The molecule has 0 saturated carbocycles. The molecule has 2 saturated heterocycles. The largest absolute Gasteiger partial charge is 0.494 e. The maximum absolute atomic E-state index is 14.5. The van der Waals surface area contributed by atoms with Gasteiger partial charge >= 0.3 is 0 Å². The van der Waals surface area contributed by atoms with Crippen LogP contribution in [0.25, 0.3) is 0 Å². The molecule has 1 aromatic heterocycles. The summed E-state index contributed by atoms with van der Waals surface area (Å²) < 4.78 is 39.4. The van der Waals surface area contributed by atoms with Gasteiger partial charge in [-0.25, -0.2) is 18.7 Å². The number of aryl methyl sites for hydroxylation is 1. The van der Waals surface area contributed by atoms with E-state index in [4.69, 9.17) is 9.47 Å². The summed E-state index contributed by atoms with van der Waals surface area (Å²) in [5.74, 6) is -0.754. The molecular formula is C29H36F2N6O2. The van der Waals surface area contributed by atoms with Gasteiger partial charge in [0.15, 0.2) is 17.3 Å². The Balaban J connectivity index is 1.12. The monoisotopic (exact) mass is 538 g/mol. The van der Waals surface area contributed by atoms with Gasteiger partial charge in [0.25, 0.3) is 0 Å². The van der Waals surface area contributed by atoms with Crippen molar-refractivity contribution in [3.05, 3.63) is 65.5 Å². The molecule has 1 N–H and O–H groups in total. The number of nitrogens with one attached hydrogen (secondary N) is 1. The molecule has 208 valence electrons. The lowest BCUT2D eigenvalue weighted by atomic mass is 10.0. The second-order valence-electron chi connectivity index (χ2n) is 10.3. The smallest absolute Gasteiger partial charge is 0.227 e. The minimum absolute atomic E-state index is 0.0237. The number of benzene rings is 2. The van der Waals surface area contributed by atoms with E-state index in [-0.39, 0.29) is 23.5 Å². The number of ether oxygens (including phenoxy) is 2. The molecule has 5 rings (SSSR count). The summed E-state index contributed by atoms with van der Waals surface area (Å²) >= 11 is 0. The third-order valence-corrected chi connectivity index (χ3v) is 7.68. The van der Waals surface area contributed by atoms with Crippen molar-refractivity contribution < 1.29 is 18.3 Å². The van der Waals surface area contributed by atoms with E-state index in [0.717, 1.165) is 31.9 Å². The summed E-state index contributed by atoms with van der Waals surface area (Å²) in [5, 5.41) is 3.19. The summed E-state index contributed by atoms with van der Waals surface area (Å²) in [5.41, 5.74) is 2.17. The minimum atomic E-state index is -0.775. The van der Waals surface area contributed by atoms with E-state index >= 15 is 0 Å². The molecule has 2 aromatic carbocycles. The van der Waals surface area contributed by atoms with Crippen molar-refractivity contribution in [2.45, 2.75) is 32.4 Å².